The lowest BCUT2D eigenvalue weighted by Crippen LogP contribution is -2.33. The van der Waals surface area contributed by atoms with Gasteiger partial charge in [0, 0.05) is 12.1 Å². The molecule has 6 nitrogen and oxygen atoms in total. The van der Waals surface area contributed by atoms with Crippen molar-refractivity contribution in [2.75, 3.05) is 12.4 Å². The Kier molecular flexibility index (Phi) is 4.93. The van der Waals surface area contributed by atoms with Gasteiger partial charge in [-0.3, -0.25) is 4.79 Å². The number of hydrogen-bond donors (Lipinski definition) is 2. The van der Waals surface area contributed by atoms with Crippen LogP contribution in [0.4, 0.5) is 11.5 Å². The fourth-order valence-electron chi connectivity index (χ4n) is 2.94. The number of anilines is 2. The van der Waals surface area contributed by atoms with Crippen LogP contribution in [0.5, 0.6) is 5.75 Å². The summed E-state index contributed by atoms with van der Waals surface area (Å²) in [5.41, 5.74) is 2.27. The molecule has 2 N–H and O–H groups in total. The van der Waals surface area contributed by atoms with E-state index in [4.69, 9.17) is 4.74 Å². The predicted molar refractivity (Wildman–Crippen MR) is 92.8 cm³/mol. The number of amides is 1. The molecule has 1 saturated carbocycles. The molecule has 6 heteroatoms. The zero-order chi connectivity index (χ0) is 16.9. The Morgan fingerprint density at radius 2 is 2.00 bits per heavy atom. The highest BCUT2D eigenvalue weighted by molar-refractivity contribution is 5.93. The Balaban J connectivity index is 1.75. The average Bonchev–Trinajstić information content (AvgIpc) is 3.08. The fraction of sp³-hybridized carbons (Fsp3) is 0.389. The van der Waals surface area contributed by atoms with Crippen molar-refractivity contribution in [2.24, 2.45) is 0 Å². The van der Waals surface area contributed by atoms with Gasteiger partial charge in [0.15, 0.2) is 0 Å². The van der Waals surface area contributed by atoms with E-state index in [0.717, 1.165) is 29.8 Å². The van der Waals surface area contributed by atoms with E-state index in [9.17, 15) is 4.79 Å². The molecule has 1 amide bonds. The number of nitrogens with zero attached hydrogens (tertiary/aromatic N) is 2. The predicted octanol–water partition coefficient (Wildman–Crippen LogP) is 3.21. The lowest BCUT2D eigenvalue weighted by atomic mass is 10.2. The minimum Gasteiger partial charge on any atom is -0.495 e. The van der Waals surface area contributed by atoms with Gasteiger partial charge in [0.05, 0.1) is 12.8 Å². The summed E-state index contributed by atoms with van der Waals surface area (Å²) in [4.78, 5) is 20.6. The van der Waals surface area contributed by atoms with Crippen molar-refractivity contribution >= 4 is 17.4 Å². The minimum absolute atomic E-state index is 0.149. The molecule has 1 aromatic heterocycles. The lowest BCUT2D eigenvalue weighted by molar-refractivity contribution is 0.0932. The molecule has 1 aromatic carbocycles. The van der Waals surface area contributed by atoms with Gasteiger partial charge in [-0.1, -0.05) is 18.9 Å². The minimum atomic E-state index is -0.149. The molecule has 126 valence electrons. The van der Waals surface area contributed by atoms with Crippen molar-refractivity contribution < 1.29 is 9.53 Å². The highest BCUT2D eigenvalue weighted by Crippen LogP contribution is 2.28. The van der Waals surface area contributed by atoms with Crippen LogP contribution in [-0.2, 0) is 0 Å². The van der Waals surface area contributed by atoms with Crippen LogP contribution >= 0.6 is 0 Å². The van der Waals surface area contributed by atoms with Gasteiger partial charge in [0.1, 0.15) is 23.6 Å². The summed E-state index contributed by atoms with van der Waals surface area (Å²) >= 11 is 0. The second-order valence-corrected chi connectivity index (χ2v) is 6.07. The maximum Gasteiger partial charge on any atom is 0.270 e. The van der Waals surface area contributed by atoms with Crippen LogP contribution in [0.3, 0.4) is 0 Å². The van der Waals surface area contributed by atoms with Crippen LogP contribution < -0.4 is 15.4 Å². The molecule has 0 radical (unpaired) electrons. The molecule has 1 fully saturated rings. The van der Waals surface area contributed by atoms with Crippen molar-refractivity contribution in [3.05, 3.63) is 41.9 Å². The highest BCUT2D eigenvalue weighted by atomic mass is 16.5. The number of aromatic nitrogens is 2. The van der Waals surface area contributed by atoms with Crippen molar-refractivity contribution in [3.63, 3.8) is 0 Å². The van der Waals surface area contributed by atoms with Gasteiger partial charge in [0.25, 0.3) is 5.91 Å². The number of benzene rings is 1. The zero-order valence-electron chi connectivity index (χ0n) is 14.0. The molecule has 0 aliphatic heterocycles. The summed E-state index contributed by atoms with van der Waals surface area (Å²) in [6, 6.07) is 7.77. The first-order valence-corrected chi connectivity index (χ1v) is 8.20. The lowest BCUT2D eigenvalue weighted by Gasteiger charge is -2.13. The molecule has 0 atom stereocenters. The van der Waals surface area contributed by atoms with Crippen molar-refractivity contribution in [1.29, 1.82) is 0 Å². The largest absolute Gasteiger partial charge is 0.495 e. The number of aryl methyl sites for hydroxylation is 1. The van der Waals surface area contributed by atoms with Gasteiger partial charge in [-0.05, 0) is 37.5 Å². The van der Waals surface area contributed by atoms with Gasteiger partial charge in [0.2, 0.25) is 0 Å². The molecule has 0 bridgehead atoms. The van der Waals surface area contributed by atoms with E-state index in [0.29, 0.717) is 11.5 Å². The molecule has 0 saturated heterocycles. The Hall–Kier alpha value is -2.63. The second-order valence-electron chi connectivity index (χ2n) is 6.07. The molecular formula is C18H22N4O2. The first-order chi connectivity index (χ1) is 11.7. The third kappa shape index (κ3) is 3.82. The SMILES string of the molecule is COc1ccc(C)cc1Nc1cc(C(=O)NC2CCCC2)ncn1. The van der Waals surface area contributed by atoms with E-state index in [-0.39, 0.29) is 11.9 Å². The monoisotopic (exact) mass is 326 g/mol. The van der Waals surface area contributed by atoms with E-state index in [1.54, 1.807) is 13.2 Å². The summed E-state index contributed by atoms with van der Waals surface area (Å²) in [6.07, 6.45) is 5.84. The molecule has 24 heavy (non-hydrogen) atoms. The number of carbonyl (C=O) groups excluding carboxylic acids is 1. The quantitative estimate of drug-likeness (QED) is 0.882. The summed E-state index contributed by atoms with van der Waals surface area (Å²) in [7, 11) is 1.62. The van der Waals surface area contributed by atoms with Gasteiger partial charge in [-0.25, -0.2) is 9.97 Å². The number of methoxy groups -OCH3 is 1. The Bertz CT molecular complexity index is 727. The fourth-order valence-corrected chi connectivity index (χ4v) is 2.94. The molecule has 1 aliphatic rings. The molecule has 1 heterocycles. The third-order valence-corrected chi connectivity index (χ3v) is 4.21. The zero-order valence-corrected chi connectivity index (χ0v) is 14.0. The Labute approximate surface area is 141 Å². The van der Waals surface area contributed by atoms with Crippen molar-refractivity contribution in [1.82, 2.24) is 15.3 Å². The van der Waals surface area contributed by atoms with E-state index >= 15 is 0 Å². The molecule has 2 aromatic rings. The van der Waals surface area contributed by atoms with Crippen LogP contribution in [0.25, 0.3) is 0 Å². The van der Waals surface area contributed by atoms with E-state index in [2.05, 4.69) is 20.6 Å². The van der Waals surface area contributed by atoms with E-state index in [1.807, 2.05) is 25.1 Å². The Morgan fingerprint density at radius 3 is 2.75 bits per heavy atom. The maximum atomic E-state index is 12.3. The standard InChI is InChI=1S/C18H22N4O2/c1-12-7-8-16(24-2)14(9-12)22-17-10-15(19-11-20-17)18(23)21-13-5-3-4-6-13/h7-11,13H,3-6H2,1-2H3,(H,21,23)(H,19,20,22). The first-order valence-electron chi connectivity index (χ1n) is 8.20. The maximum absolute atomic E-state index is 12.3. The average molecular weight is 326 g/mol. The van der Waals surface area contributed by atoms with Gasteiger partial charge < -0.3 is 15.4 Å². The number of carbonyl (C=O) groups is 1. The summed E-state index contributed by atoms with van der Waals surface area (Å²) < 4.78 is 5.35. The normalized spacial score (nSPS) is 14.4. The van der Waals surface area contributed by atoms with Gasteiger partial charge >= 0.3 is 0 Å². The van der Waals surface area contributed by atoms with Crippen molar-refractivity contribution in [3.8, 4) is 5.75 Å². The Morgan fingerprint density at radius 1 is 1.21 bits per heavy atom. The van der Waals surface area contributed by atoms with Crippen LogP contribution in [0.2, 0.25) is 0 Å². The number of ether oxygens (including phenoxy) is 1. The molecule has 0 unspecified atom stereocenters. The van der Waals surface area contributed by atoms with Gasteiger partial charge in [-0.15, -0.1) is 0 Å². The third-order valence-electron chi connectivity index (χ3n) is 4.21. The summed E-state index contributed by atoms with van der Waals surface area (Å²) in [5, 5.41) is 6.23. The van der Waals surface area contributed by atoms with Crippen LogP contribution in [0.1, 0.15) is 41.7 Å². The summed E-state index contributed by atoms with van der Waals surface area (Å²) in [6.45, 7) is 2.01. The van der Waals surface area contributed by atoms with E-state index < -0.39 is 0 Å². The number of rotatable bonds is 5. The smallest absolute Gasteiger partial charge is 0.270 e. The molecular weight excluding hydrogens is 304 g/mol. The topological polar surface area (TPSA) is 76.1 Å². The van der Waals surface area contributed by atoms with E-state index in [1.165, 1.54) is 19.2 Å². The highest BCUT2D eigenvalue weighted by Gasteiger charge is 2.19. The summed E-state index contributed by atoms with van der Waals surface area (Å²) in [5.74, 6) is 1.13. The number of hydrogen-bond acceptors (Lipinski definition) is 5. The van der Waals surface area contributed by atoms with Crippen LogP contribution in [0, 0.1) is 6.92 Å². The molecule has 0 spiro atoms. The molecule has 1 aliphatic carbocycles. The number of nitrogens with one attached hydrogen (secondary N) is 2. The van der Waals surface area contributed by atoms with Gasteiger partial charge in [-0.2, -0.15) is 0 Å². The molecule has 3 rings (SSSR count). The second kappa shape index (κ2) is 7.29. The van der Waals surface area contributed by atoms with Crippen LogP contribution in [0.15, 0.2) is 30.6 Å². The first kappa shape index (κ1) is 16.2. The van der Waals surface area contributed by atoms with Crippen molar-refractivity contribution in [2.45, 2.75) is 38.6 Å². The van der Waals surface area contributed by atoms with Crippen LogP contribution in [-0.4, -0.2) is 29.0 Å².